The third kappa shape index (κ3) is 2.82. The lowest BCUT2D eigenvalue weighted by Gasteiger charge is -2.35. The molecule has 2 aliphatic heterocycles. The molecule has 5 heteroatoms. The normalized spacial score (nSPS) is 21.2. The largest absolute Gasteiger partial charge is 0.372 e. The van der Waals surface area contributed by atoms with Gasteiger partial charge in [-0.05, 0) is 42.5 Å². The molecule has 110 valence electrons. The number of likely N-dealkylation sites (tertiary alicyclic amines) is 1. The van der Waals surface area contributed by atoms with Crippen LogP contribution in [0.25, 0.3) is 0 Å². The van der Waals surface area contributed by atoms with E-state index in [1.807, 2.05) is 23.1 Å². The van der Waals surface area contributed by atoms with Crippen LogP contribution in [0, 0.1) is 0 Å². The molecule has 4 nitrogen and oxygen atoms in total. The van der Waals surface area contributed by atoms with E-state index in [2.05, 4.69) is 0 Å². The van der Waals surface area contributed by atoms with Gasteiger partial charge in [0.25, 0.3) is 5.91 Å². The fourth-order valence-corrected chi connectivity index (χ4v) is 2.98. The van der Waals surface area contributed by atoms with Crippen LogP contribution in [0.2, 0.25) is 0 Å². The lowest BCUT2D eigenvalue weighted by Crippen LogP contribution is -2.47. The van der Waals surface area contributed by atoms with Gasteiger partial charge in [-0.1, -0.05) is 6.07 Å². The van der Waals surface area contributed by atoms with Crippen molar-refractivity contribution in [3.63, 3.8) is 0 Å². The van der Waals surface area contributed by atoms with Crippen LogP contribution >= 0.6 is 12.4 Å². The first-order valence-corrected chi connectivity index (χ1v) is 7.00. The minimum Gasteiger partial charge on any atom is -0.372 e. The minimum atomic E-state index is 0. The Kier molecular flexibility index (Phi) is 5.02. The summed E-state index contributed by atoms with van der Waals surface area (Å²) in [5.74, 6) is 0.116. The van der Waals surface area contributed by atoms with Gasteiger partial charge < -0.3 is 15.4 Å². The molecule has 1 saturated heterocycles. The zero-order valence-corrected chi connectivity index (χ0v) is 12.3. The maximum Gasteiger partial charge on any atom is 0.254 e. The Bertz CT molecular complexity index is 493. The van der Waals surface area contributed by atoms with E-state index in [1.54, 1.807) is 0 Å². The van der Waals surface area contributed by atoms with Crippen LogP contribution in [0.5, 0.6) is 0 Å². The summed E-state index contributed by atoms with van der Waals surface area (Å²) in [7, 11) is 0. The highest BCUT2D eigenvalue weighted by atomic mass is 35.5. The number of amides is 1. The van der Waals surface area contributed by atoms with E-state index in [0.717, 1.165) is 30.5 Å². The van der Waals surface area contributed by atoms with Gasteiger partial charge >= 0.3 is 0 Å². The summed E-state index contributed by atoms with van der Waals surface area (Å²) < 4.78 is 5.39. The fraction of sp³-hybridized carbons (Fsp3) is 0.533. The van der Waals surface area contributed by atoms with Crippen LogP contribution in [-0.2, 0) is 18.0 Å². The Morgan fingerprint density at radius 2 is 2.10 bits per heavy atom. The monoisotopic (exact) mass is 296 g/mol. The zero-order valence-electron chi connectivity index (χ0n) is 11.5. The van der Waals surface area contributed by atoms with Crippen molar-refractivity contribution in [1.29, 1.82) is 0 Å². The van der Waals surface area contributed by atoms with E-state index in [1.165, 1.54) is 12.0 Å². The molecule has 1 fully saturated rings. The van der Waals surface area contributed by atoms with Gasteiger partial charge in [-0.3, -0.25) is 4.79 Å². The Balaban J connectivity index is 0.00000147. The molecule has 0 aromatic heterocycles. The highest BCUT2D eigenvalue weighted by Crippen LogP contribution is 2.24. The molecular weight excluding hydrogens is 276 g/mol. The lowest BCUT2D eigenvalue weighted by molar-refractivity contribution is 0.0623. The second-order valence-electron chi connectivity index (χ2n) is 5.36. The SMILES string of the molecule is Cl.NCC1CCCCN1C(=O)c1ccc2c(c1)COC2. The average molecular weight is 297 g/mol. The molecule has 1 amide bonds. The molecule has 0 radical (unpaired) electrons. The van der Waals surface area contributed by atoms with Gasteiger partial charge in [-0.15, -0.1) is 12.4 Å². The molecule has 0 aliphatic carbocycles. The molecule has 2 heterocycles. The summed E-state index contributed by atoms with van der Waals surface area (Å²) in [5.41, 5.74) is 8.90. The number of halogens is 1. The minimum absolute atomic E-state index is 0. The van der Waals surface area contributed by atoms with E-state index in [4.69, 9.17) is 10.5 Å². The molecule has 1 aromatic rings. The smallest absolute Gasteiger partial charge is 0.254 e. The van der Waals surface area contributed by atoms with Gasteiger partial charge in [0.05, 0.1) is 13.2 Å². The lowest BCUT2D eigenvalue weighted by atomic mass is 9.99. The molecule has 1 atom stereocenters. The Hall–Kier alpha value is -1.10. The molecule has 2 N–H and O–H groups in total. The number of rotatable bonds is 2. The number of carbonyl (C=O) groups is 1. The predicted octanol–water partition coefficient (Wildman–Crippen LogP) is 2.09. The number of hydrogen-bond donors (Lipinski definition) is 1. The predicted molar refractivity (Wildman–Crippen MR) is 79.9 cm³/mol. The summed E-state index contributed by atoms with van der Waals surface area (Å²) in [6, 6.07) is 6.10. The van der Waals surface area contributed by atoms with Gasteiger partial charge in [0, 0.05) is 24.7 Å². The number of carbonyl (C=O) groups excluding carboxylic acids is 1. The Labute approximate surface area is 125 Å². The number of nitrogens with two attached hydrogens (primary N) is 1. The van der Waals surface area contributed by atoms with Crippen LogP contribution < -0.4 is 5.73 Å². The molecular formula is C15H21ClN2O2. The van der Waals surface area contributed by atoms with E-state index >= 15 is 0 Å². The van der Waals surface area contributed by atoms with Gasteiger partial charge in [-0.25, -0.2) is 0 Å². The van der Waals surface area contributed by atoms with Crippen LogP contribution in [-0.4, -0.2) is 29.9 Å². The van der Waals surface area contributed by atoms with Gasteiger partial charge in [0.15, 0.2) is 0 Å². The zero-order chi connectivity index (χ0) is 13.2. The van der Waals surface area contributed by atoms with E-state index in [9.17, 15) is 4.79 Å². The second-order valence-corrected chi connectivity index (χ2v) is 5.36. The standard InChI is InChI=1S/C15H20N2O2.ClH/c16-8-14-3-1-2-6-17(14)15(18)11-4-5-12-9-19-10-13(12)7-11;/h4-5,7,14H,1-3,6,8-10,16H2;1H. The van der Waals surface area contributed by atoms with Crippen LogP contribution in [0.1, 0.15) is 40.7 Å². The van der Waals surface area contributed by atoms with Crippen molar-refractivity contribution >= 4 is 18.3 Å². The van der Waals surface area contributed by atoms with E-state index in [-0.39, 0.29) is 24.4 Å². The number of fused-ring (bicyclic) bond motifs is 1. The molecule has 0 saturated carbocycles. The summed E-state index contributed by atoms with van der Waals surface area (Å²) in [6.07, 6.45) is 3.27. The number of hydrogen-bond acceptors (Lipinski definition) is 3. The van der Waals surface area contributed by atoms with Crippen molar-refractivity contribution in [3.8, 4) is 0 Å². The maximum absolute atomic E-state index is 12.6. The van der Waals surface area contributed by atoms with Crippen LogP contribution in [0.3, 0.4) is 0 Å². The average Bonchev–Trinajstić information content (AvgIpc) is 2.93. The summed E-state index contributed by atoms with van der Waals surface area (Å²) in [6.45, 7) is 2.67. The summed E-state index contributed by atoms with van der Waals surface area (Å²) >= 11 is 0. The number of nitrogens with zero attached hydrogens (tertiary/aromatic N) is 1. The number of piperidine rings is 1. The third-order valence-electron chi connectivity index (χ3n) is 4.13. The van der Waals surface area contributed by atoms with Crippen molar-refractivity contribution in [3.05, 3.63) is 34.9 Å². The van der Waals surface area contributed by atoms with E-state index in [0.29, 0.717) is 19.8 Å². The Morgan fingerprint density at radius 1 is 1.30 bits per heavy atom. The summed E-state index contributed by atoms with van der Waals surface area (Å²) in [4.78, 5) is 14.5. The molecule has 1 unspecified atom stereocenters. The van der Waals surface area contributed by atoms with Crippen molar-refractivity contribution in [2.24, 2.45) is 5.73 Å². The highest BCUT2D eigenvalue weighted by Gasteiger charge is 2.27. The van der Waals surface area contributed by atoms with Crippen LogP contribution in [0.15, 0.2) is 18.2 Å². The first-order valence-electron chi connectivity index (χ1n) is 7.00. The summed E-state index contributed by atoms with van der Waals surface area (Å²) in [5, 5.41) is 0. The van der Waals surface area contributed by atoms with Crippen molar-refractivity contribution < 1.29 is 9.53 Å². The number of ether oxygens (including phenoxy) is 1. The van der Waals surface area contributed by atoms with Crippen molar-refractivity contribution in [2.45, 2.75) is 38.5 Å². The third-order valence-corrected chi connectivity index (χ3v) is 4.13. The van der Waals surface area contributed by atoms with Crippen molar-refractivity contribution in [2.75, 3.05) is 13.1 Å². The molecule has 1 aromatic carbocycles. The first kappa shape index (κ1) is 15.3. The van der Waals surface area contributed by atoms with Gasteiger partial charge in [0.1, 0.15) is 0 Å². The van der Waals surface area contributed by atoms with Gasteiger partial charge in [0.2, 0.25) is 0 Å². The quantitative estimate of drug-likeness (QED) is 0.909. The molecule has 2 aliphatic rings. The Morgan fingerprint density at radius 3 is 2.90 bits per heavy atom. The maximum atomic E-state index is 12.6. The number of benzene rings is 1. The topological polar surface area (TPSA) is 55.6 Å². The van der Waals surface area contributed by atoms with Gasteiger partial charge in [-0.2, -0.15) is 0 Å². The van der Waals surface area contributed by atoms with E-state index < -0.39 is 0 Å². The van der Waals surface area contributed by atoms with Crippen LogP contribution in [0.4, 0.5) is 0 Å². The van der Waals surface area contributed by atoms with Crippen molar-refractivity contribution in [1.82, 2.24) is 4.90 Å². The molecule has 0 bridgehead atoms. The first-order chi connectivity index (χ1) is 9.29. The molecule has 3 rings (SSSR count). The molecule has 0 spiro atoms. The highest BCUT2D eigenvalue weighted by molar-refractivity contribution is 5.94. The molecule has 20 heavy (non-hydrogen) atoms. The fourth-order valence-electron chi connectivity index (χ4n) is 2.98. The second kappa shape index (κ2) is 6.57.